The Morgan fingerprint density at radius 3 is 2.76 bits per heavy atom. The number of aromatic nitrogens is 1. The molecule has 0 atom stereocenters. The zero-order valence-corrected chi connectivity index (χ0v) is 16.4. The van der Waals surface area contributed by atoms with Gasteiger partial charge in [0.25, 0.3) is 5.91 Å². The Balaban J connectivity index is 1.13. The molecule has 2 aliphatic heterocycles. The molecule has 0 N–H and O–H groups in total. The summed E-state index contributed by atoms with van der Waals surface area (Å²) in [7, 11) is 0. The molecule has 3 heterocycles. The number of carbonyl (C=O) groups excluding carboxylic acids is 1. The zero-order valence-electron chi connectivity index (χ0n) is 16.4. The summed E-state index contributed by atoms with van der Waals surface area (Å²) in [6.45, 7) is 4.66. The minimum absolute atomic E-state index is 0.0638. The van der Waals surface area contributed by atoms with E-state index < -0.39 is 0 Å². The van der Waals surface area contributed by atoms with Crippen LogP contribution >= 0.6 is 0 Å². The maximum absolute atomic E-state index is 12.6. The van der Waals surface area contributed by atoms with Crippen LogP contribution in [-0.2, 0) is 17.9 Å². The number of ether oxygens (including phenoxy) is 1. The van der Waals surface area contributed by atoms with E-state index in [-0.39, 0.29) is 12.0 Å². The molecular weight excluding hydrogens is 366 g/mol. The number of rotatable bonds is 6. The Bertz CT molecular complexity index is 998. The van der Waals surface area contributed by atoms with Crippen molar-refractivity contribution < 1.29 is 14.1 Å². The van der Waals surface area contributed by atoms with Gasteiger partial charge < -0.3 is 14.2 Å². The number of likely N-dealkylation sites (tertiary alicyclic amines) is 2. The van der Waals surface area contributed by atoms with Crippen molar-refractivity contribution in [2.45, 2.75) is 32.1 Å². The molecule has 6 nitrogen and oxygen atoms in total. The van der Waals surface area contributed by atoms with Crippen molar-refractivity contribution in [1.29, 1.82) is 0 Å². The largest absolute Gasteiger partial charge is 0.370 e. The predicted octanol–water partition coefficient (Wildman–Crippen LogP) is 3.46. The second kappa shape index (κ2) is 7.97. The van der Waals surface area contributed by atoms with Crippen LogP contribution in [0.1, 0.15) is 34.7 Å². The number of nitrogens with zero attached hydrogens (tertiary/aromatic N) is 3. The van der Waals surface area contributed by atoms with E-state index in [0.717, 1.165) is 25.4 Å². The van der Waals surface area contributed by atoms with Gasteiger partial charge in [0.15, 0.2) is 11.5 Å². The van der Waals surface area contributed by atoms with Gasteiger partial charge >= 0.3 is 0 Å². The van der Waals surface area contributed by atoms with Crippen molar-refractivity contribution in [1.82, 2.24) is 15.0 Å². The Kier molecular flexibility index (Phi) is 5.04. The van der Waals surface area contributed by atoms with Crippen LogP contribution in [0.2, 0.25) is 0 Å². The topological polar surface area (TPSA) is 58.8 Å². The summed E-state index contributed by atoms with van der Waals surface area (Å²) in [4.78, 5) is 16.7. The first-order valence-corrected chi connectivity index (χ1v) is 10.3. The van der Waals surface area contributed by atoms with Crippen molar-refractivity contribution >= 4 is 16.7 Å². The van der Waals surface area contributed by atoms with Crippen LogP contribution in [0.25, 0.3) is 10.8 Å². The predicted molar refractivity (Wildman–Crippen MR) is 109 cm³/mol. The summed E-state index contributed by atoms with van der Waals surface area (Å²) in [5.74, 6) is 0.686. The molecule has 2 saturated heterocycles. The lowest BCUT2D eigenvalue weighted by Gasteiger charge is -2.38. The lowest BCUT2D eigenvalue weighted by atomic mass is 10.1. The average molecular weight is 391 g/mol. The van der Waals surface area contributed by atoms with Gasteiger partial charge in [0.05, 0.1) is 19.3 Å². The van der Waals surface area contributed by atoms with E-state index in [1.165, 1.54) is 29.2 Å². The molecule has 2 aromatic carbocycles. The van der Waals surface area contributed by atoms with Gasteiger partial charge in [-0.15, -0.1) is 0 Å². The molecule has 0 bridgehead atoms. The van der Waals surface area contributed by atoms with Gasteiger partial charge in [0, 0.05) is 19.2 Å². The van der Waals surface area contributed by atoms with Gasteiger partial charge in [-0.05, 0) is 42.3 Å². The van der Waals surface area contributed by atoms with E-state index in [9.17, 15) is 4.79 Å². The first kappa shape index (κ1) is 18.3. The number of hydrogen-bond acceptors (Lipinski definition) is 5. The second-order valence-electron chi connectivity index (χ2n) is 7.94. The standard InChI is InChI=1S/C23H25N3O3/c27-23(22-12-19(29-24-22)13-25-10-3-4-11-25)26-14-20(15-26)28-16-18-8-5-7-17-6-1-2-9-21(17)18/h1-2,5-9,12,20H,3-4,10-11,13-16H2. The Hall–Kier alpha value is -2.70. The zero-order chi connectivity index (χ0) is 19.6. The first-order chi connectivity index (χ1) is 14.3. The lowest BCUT2D eigenvalue weighted by molar-refractivity contribution is -0.0502. The molecule has 0 aliphatic carbocycles. The van der Waals surface area contributed by atoms with Crippen LogP contribution in [0.15, 0.2) is 53.1 Å². The highest BCUT2D eigenvalue weighted by atomic mass is 16.5. The minimum Gasteiger partial charge on any atom is -0.370 e. The van der Waals surface area contributed by atoms with Crippen LogP contribution in [0.3, 0.4) is 0 Å². The SMILES string of the molecule is O=C(c1cc(CN2CCCC2)on1)N1CC(OCc2cccc3ccccc23)C1. The molecule has 29 heavy (non-hydrogen) atoms. The average Bonchev–Trinajstić information content (AvgIpc) is 3.39. The van der Waals surface area contributed by atoms with Crippen molar-refractivity contribution in [2.24, 2.45) is 0 Å². The fourth-order valence-corrected chi connectivity index (χ4v) is 4.15. The van der Waals surface area contributed by atoms with Crippen molar-refractivity contribution in [2.75, 3.05) is 26.2 Å². The van der Waals surface area contributed by atoms with Crippen LogP contribution in [-0.4, -0.2) is 53.1 Å². The van der Waals surface area contributed by atoms with E-state index in [1.54, 1.807) is 11.0 Å². The fraction of sp³-hybridized carbons (Fsp3) is 0.391. The molecule has 3 aromatic rings. The first-order valence-electron chi connectivity index (χ1n) is 10.3. The number of hydrogen-bond donors (Lipinski definition) is 0. The third-order valence-corrected chi connectivity index (χ3v) is 5.85. The maximum Gasteiger partial charge on any atom is 0.276 e. The van der Waals surface area contributed by atoms with Crippen molar-refractivity contribution in [3.8, 4) is 0 Å². The molecular formula is C23H25N3O3. The van der Waals surface area contributed by atoms with Gasteiger partial charge in [-0.2, -0.15) is 0 Å². The summed E-state index contributed by atoms with van der Waals surface area (Å²) in [6, 6.07) is 16.4. The number of fused-ring (bicyclic) bond motifs is 1. The summed E-state index contributed by atoms with van der Waals surface area (Å²) >= 11 is 0. The normalized spacial score (nSPS) is 17.7. The van der Waals surface area contributed by atoms with Crippen LogP contribution in [0, 0.1) is 0 Å². The maximum atomic E-state index is 12.6. The van der Waals surface area contributed by atoms with Crippen molar-refractivity contribution in [3.05, 3.63) is 65.5 Å². The molecule has 6 heteroatoms. The monoisotopic (exact) mass is 391 g/mol. The molecule has 2 aliphatic rings. The summed E-state index contributed by atoms with van der Waals surface area (Å²) < 4.78 is 11.4. The van der Waals surface area contributed by atoms with E-state index in [4.69, 9.17) is 9.26 Å². The van der Waals surface area contributed by atoms with E-state index >= 15 is 0 Å². The van der Waals surface area contributed by atoms with Gasteiger partial charge in [0.1, 0.15) is 0 Å². The molecule has 1 amide bonds. The highest BCUT2D eigenvalue weighted by Crippen LogP contribution is 2.22. The summed E-state index contributed by atoms with van der Waals surface area (Å²) in [5.41, 5.74) is 1.57. The highest BCUT2D eigenvalue weighted by molar-refractivity contribution is 5.92. The van der Waals surface area contributed by atoms with Gasteiger partial charge in [-0.25, -0.2) is 0 Å². The van der Waals surface area contributed by atoms with Crippen LogP contribution < -0.4 is 0 Å². The highest BCUT2D eigenvalue weighted by Gasteiger charge is 2.33. The second-order valence-corrected chi connectivity index (χ2v) is 7.94. The fourth-order valence-electron chi connectivity index (χ4n) is 4.15. The summed E-state index contributed by atoms with van der Waals surface area (Å²) in [5, 5.41) is 6.42. The van der Waals surface area contributed by atoms with E-state index in [0.29, 0.717) is 25.4 Å². The number of benzene rings is 2. The molecule has 1 aromatic heterocycles. The number of carbonyl (C=O) groups is 1. The van der Waals surface area contributed by atoms with Gasteiger partial charge in [0.2, 0.25) is 0 Å². The van der Waals surface area contributed by atoms with Crippen molar-refractivity contribution in [3.63, 3.8) is 0 Å². The quantitative estimate of drug-likeness (QED) is 0.644. The van der Waals surface area contributed by atoms with Crippen LogP contribution in [0.5, 0.6) is 0 Å². The molecule has 0 unspecified atom stereocenters. The third-order valence-electron chi connectivity index (χ3n) is 5.85. The Morgan fingerprint density at radius 1 is 1.10 bits per heavy atom. The molecule has 2 fully saturated rings. The minimum atomic E-state index is -0.0774. The van der Waals surface area contributed by atoms with E-state index in [1.807, 2.05) is 12.1 Å². The molecule has 150 valence electrons. The molecule has 5 rings (SSSR count). The summed E-state index contributed by atoms with van der Waals surface area (Å²) in [6.07, 6.45) is 2.52. The molecule has 0 radical (unpaired) electrons. The molecule has 0 spiro atoms. The van der Waals surface area contributed by atoms with E-state index in [2.05, 4.69) is 40.4 Å². The molecule has 0 saturated carbocycles. The lowest BCUT2D eigenvalue weighted by Crippen LogP contribution is -2.54. The van der Waals surface area contributed by atoms with Gasteiger partial charge in [-0.3, -0.25) is 9.69 Å². The van der Waals surface area contributed by atoms with Crippen LogP contribution in [0.4, 0.5) is 0 Å². The Morgan fingerprint density at radius 2 is 1.90 bits per heavy atom. The third kappa shape index (κ3) is 3.91. The van der Waals surface area contributed by atoms with Gasteiger partial charge in [-0.1, -0.05) is 47.6 Å². The Labute approximate surface area is 170 Å². The smallest absolute Gasteiger partial charge is 0.276 e. The number of amides is 1.